The van der Waals surface area contributed by atoms with Gasteiger partial charge in [0.1, 0.15) is 11.8 Å². The van der Waals surface area contributed by atoms with Gasteiger partial charge >= 0.3 is 5.97 Å². The molecule has 0 radical (unpaired) electrons. The second kappa shape index (κ2) is 3.64. The standard InChI is InChI=1S/C6H6Cl2N2O4/c1-6(5(13)10(7)8)3(4(11)12)2-14-9-6/h2,9H,1H3,(H,11,12). The highest BCUT2D eigenvalue weighted by molar-refractivity contribution is 6.42. The van der Waals surface area contributed by atoms with Gasteiger partial charge in [0.25, 0.3) is 5.91 Å². The SMILES string of the molecule is CC1(C(=O)N(Cl)Cl)NOC=C1C(=O)O. The Hall–Kier alpha value is -0.980. The van der Waals surface area contributed by atoms with Crippen LogP contribution in [0.25, 0.3) is 0 Å². The Morgan fingerprint density at radius 1 is 1.64 bits per heavy atom. The zero-order chi connectivity index (χ0) is 10.9. The first-order chi connectivity index (χ1) is 6.39. The lowest BCUT2D eigenvalue weighted by Crippen LogP contribution is -2.51. The molecule has 0 fully saturated rings. The molecule has 0 aromatic heterocycles. The third-order valence-electron chi connectivity index (χ3n) is 1.79. The maximum absolute atomic E-state index is 11.4. The maximum atomic E-state index is 11.4. The number of carboxylic acids is 1. The third-order valence-corrected chi connectivity index (χ3v) is 2.10. The smallest absolute Gasteiger partial charge is 0.337 e. The van der Waals surface area contributed by atoms with Crippen LogP contribution < -0.4 is 5.48 Å². The first-order valence-electron chi connectivity index (χ1n) is 3.42. The summed E-state index contributed by atoms with van der Waals surface area (Å²) in [4.78, 5) is 26.6. The highest BCUT2D eigenvalue weighted by Gasteiger charge is 2.47. The second-order valence-corrected chi connectivity index (χ2v) is 3.57. The monoisotopic (exact) mass is 240 g/mol. The molecule has 0 saturated carbocycles. The molecule has 8 heteroatoms. The van der Waals surface area contributed by atoms with Crippen LogP contribution in [-0.2, 0) is 14.4 Å². The molecule has 2 N–H and O–H groups in total. The van der Waals surface area contributed by atoms with E-state index in [1.54, 1.807) is 0 Å². The van der Waals surface area contributed by atoms with Crippen LogP contribution in [0.3, 0.4) is 0 Å². The van der Waals surface area contributed by atoms with Crippen molar-refractivity contribution in [2.45, 2.75) is 12.5 Å². The normalized spacial score (nSPS) is 25.2. The van der Waals surface area contributed by atoms with E-state index < -0.39 is 17.4 Å². The molecule has 0 aromatic carbocycles. The van der Waals surface area contributed by atoms with Crippen LogP contribution in [0.4, 0.5) is 0 Å². The van der Waals surface area contributed by atoms with Crippen molar-refractivity contribution in [1.82, 2.24) is 9.42 Å². The van der Waals surface area contributed by atoms with Gasteiger partial charge in [-0.05, 0) is 6.92 Å². The number of carboxylic acid groups (broad SMARTS) is 1. The van der Waals surface area contributed by atoms with Crippen LogP contribution in [-0.4, -0.2) is 26.5 Å². The number of amides is 1. The van der Waals surface area contributed by atoms with Crippen molar-refractivity contribution in [2.75, 3.05) is 0 Å². The summed E-state index contributed by atoms with van der Waals surface area (Å²) in [6, 6.07) is 0. The lowest BCUT2D eigenvalue weighted by Gasteiger charge is -2.22. The van der Waals surface area contributed by atoms with Crippen LogP contribution >= 0.6 is 23.6 Å². The maximum Gasteiger partial charge on any atom is 0.337 e. The number of hydrogen-bond acceptors (Lipinski definition) is 4. The van der Waals surface area contributed by atoms with E-state index in [1.807, 2.05) is 0 Å². The lowest BCUT2D eigenvalue weighted by molar-refractivity contribution is -0.137. The summed E-state index contributed by atoms with van der Waals surface area (Å²) in [5, 5.41) is 8.73. The first kappa shape index (κ1) is 11.1. The van der Waals surface area contributed by atoms with E-state index in [9.17, 15) is 9.59 Å². The zero-order valence-electron chi connectivity index (χ0n) is 6.95. The van der Waals surface area contributed by atoms with Gasteiger partial charge in [-0.1, -0.05) is 0 Å². The minimum atomic E-state index is -1.57. The number of aliphatic carboxylic acids is 1. The summed E-state index contributed by atoms with van der Waals surface area (Å²) in [6.45, 7) is 1.29. The number of halogens is 2. The van der Waals surface area contributed by atoms with E-state index in [-0.39, 0.29) is 9.51 Å². The number of hydroxylamine groups is 1. The molecule has 0 spiro atoms. The summed E-state index contributed by atoms with van der Waals surface area (Å²) in [5.74, 6) is -2.13. The molecule has 1 rings (SSSR count). The molecule has 14 heavy (non-hydrogen) atoms. The Kier molecular flexibility index (Phi) is 2.89. The molecule has 1 unspecified atom stereocenters. The summed E-state index contributed by atoms with van der Waals surface area (Å²) in [5.41, 5.74) is 0.368. The molecule has 0 aromatic rings. The van der Waals surface area contributed by atoms with Crippen LogP contribution in [0.2, 0.25) is 0 Å². The molecule has 1 atom stereocenters. The first-order valence-corrected chi connectivity index (χ1v) is 4.10. The molecule has 6 nitrogen and oxygen atoms in total. The lowest BCUT2D eigenvalue weighted by atomic mass is 9.94. The summed E-state index contributed by atoms with van der Waals surface area (Å²) >= 11 is 10.4. The minimum absolute atomic E-state index is 0.248. The van der Waals surface area contributed by atoms with Crippen LogP contribution in [0.5, 0.6) is 0 Å². The predicted octanol–water partition coefficient (Wildman–Crippen LogP) is 0.385. The quantitative estimate of drug-likeness (QED) is 0.683. The molecule has 78 valence electrons. The van der Waals surface area contributed by atoms with E-state index in [1.165, 1.54) is 6.92 Å². The second-order valence-electron chi connectivity index (χ2n) is 2.72. The summed E-state index contributed by atoms with van der Waals surface area (Å²) < 4.78 is 0.248. The van der Waals surface area contributed by atoms with Gasteiger partial charge in [0.05, 0.1) is 0 Å². The molecule has 0 aliphatic carbocycles. The highest BCUT2D eigenvalue weighted by atomic mass is 35.5. The van der Waals surface area contributed by atoms with E-state index in [4.69, 9.17) is 28.7 Å². The van der Waals surface area contributed by atoms with Gasteiger partial charge in [0.15, 0.2) is 5.54 Å². The predicted molar refractivity (Wildman–Crippen MR) is 46.9 cm³/mol. The number of nitrogens with one attached hydrogen (secondary N) is 1. The van der Waals surface area contributed by atoms with E-state index >= 15 is 0 Å². The molecular formula is C6H6Cl2N2O4. The van der Waals surface area contributed by atoms with Gasteiger partial charge in [-0.2, -0.15) is 3.94 Å². The molecule has 1 aliphatic rings. The largest absolute Gasteiger partial charge is 0.478 e. The Balaban J connectivity index is 3.01. The van der Waals surface area contributed by atoms with Crippen molar-refractivity contribution in [3.8, 4) is 0 Å². The molecule has 1 amide bonds. The van der Waals surface area contributed by atoms with Crippen LogP contribution in [0, 0.1) is 0 Å². The average Bonchev–Trinajstić information content (AvgIpc) is 2.47. The van der Waals surface area contributed by atoms with Gasteiger partial charge in [-0.25, -0.2) is 4.79 Å². The van der Waals surface area contributed by atoms with Gasteiger partial charge < -0.3 is 9.94 Å². The minimum Gasteiger partial charge on any atom is -0.478 e. The number of rotatable bonds is 2. The van der Waals surface area contributed by atoms with Gasteiger partial charge in [-0.3, -0.25) is 4.79 Å². The van der Waals surface area contributed by atoms with E-state index in [0.29, 0.717) is 0 Å². The Morgan fingerprint density at radius 3 is 2.64 bits per heavy atom. The number of carbonyl (C=O) groups is 2. The van der Waals surface area contributed by atoms with Gasteiger partial charge in [0, 0.05) is 23.6 Å². The Labute approximate surface area is 89.2 Å². The Bertz CT molecular complexity index is 317. The Morgan fingerprint density at radius 2 is 2.21 bits per heavy atom. The van der Waals surface area contributed by atoms with E-state index in [0.717, 1.165) is 6.26 Å². The molecule has 1 aliphatic heterocycles. The number of nitrogens with zero attached hydrogens (tertiary/aromatic N) is 1. The van der Waals surface area contributed by atoms with Crippen molar-refractivity contribution in [3.63, 3.8) is 0 Å². The van der Waals surface area contributed by atoms with Crippen LogP contribution in [0.1, 0.15) is 6.92 Å². The molecular weight excluding hydrogens is 235 g/mol. The van der Waals surface area contributed by atoms with Crippen molar-refractivity contribution >= 4 is 35.4 Å². The van der Waals surface area contributed by atoms with Gasteiger partial charge in [0.2, 0.25) is 0 Å². The van der Waals surface area contributed by atoms with Crippen molar-refractivity contribution in [1.29, 1.82) is 0 Å². The fourth-order valence-electron chi connectivity index (χ4n) is 0.971. The topological polar surface area (TPSA) is 78.9 Å². The molecule has 1 heterocycles. The van der Waals surface area contributed by atoms with Crippen molar-refractivity contribution in [3.05, 3.63) is 11.8 Å². The number of carbonyl (C=O) groups excluding carboxylic acids is 1. The van der Waals surface area contributed by atoms with E-state index in [2.05, 4.69) is 10.3 Å². The summed E-state index contributed by atoms with van der Waals surface area (Å²) in [7, 11) is 0. The highest BCUT2D eigenvalue weighted by Crippen LogP contribution is 2.26. The van der Waals surface area contributed by atoms with Gasteiger partial charge in [-0.15, -0.1) is 5.48 Å². The van der Waals surface area contributed by atoms with Crippen molar-refractivity contribution < 1.29 is 19.5 Å². The number of hydrogen-bond donors (Lipinski definition) is 2. The summed E-state index contributed by atoms with van der Waals surface area (Å²) in [6.07, 6.45) is 0.914. The zero-order valence-corrected chi connectivity index (χ0v) is 8.46. The van der Waals surface area contributed by atoms with Crippen LogP contribution in [0.15, 0.2) is 11.8 Å². The average molecular weight is 241 g/mol. The van der Waals surface area contributed by atoms with Crippen molar-refractivity contribution in [2.24, 2.45) is 0 Å². The fourth-order valence-corrected chi connectivity index (χ4v) is 1.31. The molecule has 0 saturated heterocycles. The third kappa shape index (κ3) is 1.63. The fraction of sp³-hybridized carbons (Fsp3) is 0.333. The molecule has 0 bridgehead atoms.